The Labute approximate surface area is 174 Å². The number of amides is 1. The molecule has 0 atom stereocenters. The van der Waals surface area contributed by atoms with Crippen LogP contribution in [0.15, 0.2) is 59.1 Å². The van der Waals surface area contributed by atoms with E-state index >= 15 is 0 Å². The molecule has 0 bridgehead atoms. The Hall–Kier alpha value is -3.55. The van der Waals surface area contributed by atoms with Crippen molar-refractivity contribution in [3.63, 3.8) is 0 Å². The van der Waals surface area contributed by atoms with E-state index in [4.69, 9.17) is 14.0 Å². The van der Waals surface area contributed by atoms with Gasteiger partial charge in [0.15, 0.2) is 11.5 Å². The van der Waals surface area contributed by atoms with Gasteiger partial charge in [-0.3, -0.25) is 9.35 Å². The van der Waals surface area contributed by atoms with Crippen LogP contribution in [0.1, 0.15) is 5.56 Å². The largest absolute Gasteiger partial charge is 0.493 e. The zero-order valence-electron chi connectivity index (χ0n) is 16.4. The number of methoxy groups -OCH3 is 2. The van der Waals surface area contributed by atoms with Crippen LogP contribution in [0, 0.1) is 11.3 Å². The van der Waals surface area contributed by atoms with E-state index < -0.39 is 16.0 Å². The molecule has 0 unspecified atom stereocenters. The molecule has 0 spiro atoms. The summed E-state index contributed by atoms with van der Waals surface area (Å²) in [6.07, 6.45) is 1.74. The summed E-state index contributed by atoms with van der Waals surface area (Å²) in [5.41, 5.74) is 1.21. The second-order valence-electron chi connectivity index (χ2n) is 6.01. The predicted molar refractivity (Wildman–Crippen MR) is 110 cm³/mol. The van der Waals surface area contributed by atoms with Gasteiger partial charge in [0.2, 0.25) is 0 Å². The fraction of sp³-hybridized carbons (Fsp3) is 0.200. The van der Waals surface area contributed by atoms with Crippen molar-refractivity contribution in [2.75, 3.05) is 26.1 Å². The molecule has 0 saturated heterocycles. The van der Waals surface area contributed by atoms with Crippen molar-refractivity contribution in [2.45, 2.75) is 11.3 Å². The molecule has 0 radical (unpaired) electrons. The molecule has 2 rings (SSSR count). The lowest BCUT2D eigenvalue weighted by Crippen LogP contribution is -2.27. The summed E-state index contributed by atoms with van der Waals surface area (Å²) < 4.78 is 41.4. The Bertz CT molecular complexity index is 1070. The van der Waals surface area contributed by atoms with Crippen molar-refractivity contribution >= 4 is 21.7 Å². The first-order valence-electron chi connectivity index (χ1n) is 8.72. The molecule has 0 saturated carbocycles. The maximum absolute atomic E-state index is 12.2. The SMILES string of the molecule is COc1ccc(CCNC(=O)/C(C#N)=C\Nc2ccc(S(=O)(=O)O)cc2)cc1OC. The third-order valence-electron chi connectivity index (χ3n) is 4.05. The van der Waals surface area contributed by atoms with Crippen molar-refractivity contribution in [1.29, 1.82) is 5.26 Å². The molecule has 0 aliphatic rings. The van der Waals surface area contributed by atoms with Gasteiger partial charge in [0.05, 0.1) is 19.1 Å². The number of hydrogen-bond acceptors (Lipinski definition) is 7. The van der Waals surface area contributed by atoms with Crippen molar-refractivity contribution in [3.05, 3.63) is 59.8 Å². The van der Waals surface area contributed by atoms with Crippen molar-refractivity contribution in [1.82, 2.24) is 5.32 Å². The molecule has 2 aromatic carbocycles. The Balaban J connectivity index is 1.94. The molecule has 2 aromatic rings. The van der Waals surface area contributed by atoms with E-state index in [0.717, 1.165) is 5.56 Å². The van der Waals surface area contributed by atoms with Gasteiger partial charge in [0, 0.05) is 18.4 Å². The van der Waals surface area contributed by atoms with Gasteiger partial charge in [0.25, 0.3) is 16.0 Å². The standard InChI is InChI=1S/C20H21N3O6S/c1-28-18-8-3-14(11-19(18)29-2)9-10-22-20(24)15(12-21)13-23-16-4-6-17(7-5-16)30(25,26)27/h3-8,11,13,23H,9-10H2,1-2H3,(H,22,24)(H,25,26,27)/b15-13-. The van der Waals surface area contributed by atoms with Crippen LogP contribution in [0.3, 0.4) is 0 Å². The molecule has 10 heteroatoms. The van der Waals surface area contributed by atoms with Crippen molar-refractivity contribution in [2.24, 2.45) is 0 Å². The van der Waals surface area contributed by atoms with Crippen LogP contribution in [-0.4, -0.2) is 39.6 Å². The van der Waals surface area contributed by atoms with E-state index in [2.05, 4.69) is 10.6 Å². The van der Waals surface area contributed by atoms with Gasteiger partial charge < -0.3 is 20.1 Å². The Morgan fingerprint density at radius 3 is 2.37 bits per heavy atom. The number of nitrogens with zero attached hydrogens (tertiary/aromatic N) is 1. The quantitative estimate of drug-likeness (QED) is 0.312. The monoisotopic (exact) mass is 431 g/mol. The number of carbonyl (C=O) groups is 1. The van der Waals surface area contributed by atoms with Crippen LogP contribution in [0.4, 0.5) is 5.69 Å². The number of ether oxygens (including phenoxy) is 2. The highest BCUT2D eigenvalue weighted by Crippen LogP contribution is 2.27. The summed E-state index contributed by atoms with van der Waals surface area (Å²) in [6, 6.07) is 12.4. The molecule has 0 fully saturated rings. The topological polar surface area (TPSA) is 138 Å². The Morgan fingerprint density at radius 1 is 1.13 bits per heavy atom. The molecular formula is C20H21N3O6S. The minimum atomic E-state index is -4.29. The summed E-state index contributed by atoms with van der Waals surface area (Å²) in [5, 5.41) is 14.6. The summed E-state index contributed by atoms with van der Waals surface area (Å²) in [5.74, 6) is 0.638. The molecule has 1 amide bonds. The van der Waals surface area contributed by atoms with Gasteiger partial charge in [-0.05, 0) is 48.4 Å². The minimum Gasteiger partial charge on any atom is -0.493 e. The number of carbonyl (C=O) groups excluding carboxylic acids is 1. The molecule has 3 N–H and O–H groups in total. The summed E-state index contributed by atoms with van der Waals surface area (Å²) in [7, 11) is -1.20. The normalized spacial score (nSPS) is 11.3. The fourth-order valence-electron chi connectivity index (χ4n) is 2.48. The Kier molecular flexibility index (Phi) is 7.80. The number of anilines is 1. The maximum Gasteiger partial charge on any atom is 0.294 e. The second kappa shape index (κ2) is 10.3. The lowest BCUT2D eigenvalue weighted by atomic mass is 10.1. The van der Waals surface area contributed by atoms with Crippen LogP contribution in [0.25, 0.3) is 0 Å². The minimum absolute atomic E-state index is 0.152. The number of nitriles is 1. The highest BCUT2D eigenvalue weighted by atomic mass is 32.2. The van der Waals surface area contributed by atoms with Crippen LogP contribution in [0.5, 0.6) is 11.5 Å². The first-order chi connectivity index (χ1) is 14.3. The van der Waals surface area contributed by atoms with Gasteiger partial charge >= 0.3 is 0 Å². The van der Waals surface area contributed by atoms with E-state index in [1.54, 1.807) is 19.2 Å². The van der Waals surface area contributed by atoms with Gasteiger partial charge in [-0.15, -0.1) is 0 Å². The van der Waals surface area contributed by atoms with Gasteiger partial charge in [-0.1, -0.05) is 6.07 Å². The molecular weight excluding hydrogens is 410 g/mol. The van der Waals surface area contributed by atoms with Crippen molar-refractivity contribution in [3.8, 4) is 17.6 Å². The number of nitrogens with one attached hydrogen (secondary N) is 2. The van der Waals surface area contributed by atoms with E-state index in [9.17, 15) is 18.5 Å². The summed E-state index contributed by atoms with van der Waals surface area (Å²) in [4.78, 5) is 11.9. The molecule has 0 heterocycles. The van der Waals surface area contributed by atoms with E-state index in [-0.39, 0.29) is 10.5 Å². The van der Waals surface area contributed by atoms with Crippen LogP contribution < -0.4 is 20.1 Å². The molecule has 30 heavy (non-hydrogen) atoms. The average Bonchev–Trinajstić information content (AvgIpc) is 2.73. The smallest absolute Gasteiger partial charge is 0.294 e. The summed E-state index contributed by atoms with van der Waals surface area (Å²) in [6.45, 7) is 0.302. The average molecular weight is 431 g/mol. The molecule has 0 aliphatic carbocycles. The van der Waals surface area contributed by atoms with E-state index in [1.807, 2.05) is 12.1 Å². The van der Waals surface area contributed by atoms with E-state index in [1.165, 1.54) is 37.6 Å². The molecule has 0 aromatic heterocycles. The van der Waals surface area contributed by atoms with Gasteiger partial charge in [0.1, 0.15) is 11.6 Å². The van der Waals surface area contributed by atoms with Gasteiger partial charge in [-0.2, -0.15) is 13.7 Å². The zero-order valence-corrected chi connectivity index (χ0v) is 17.2. The number of benzene rings is 2. The molecule has 0 aliphatic heterocycles. The van der Waals surface area contributed by atoms with Gasteiger partial charge in [-0.25, -0.2) is 0 Å². The lowest BCUT2D eigenvalue weighted by molar-refractivity contribution is -0.117. The van der Waals surface area contributed by atoms with Crippen LogP contribution >= 0.6 is 0 Å². The molecule has 9 nitrogen and oxygen atoms in total. The first kappa shape index (κ1) is 22.7. The first-order valence-corrected chi connectivity index (χ1v) is 10.2. The fourth-order valence-corrected chi connectivity index (χ4v) is 2.96. The Morgan fingerprint density at radius 2 is 1.80 bits per heavy atom. The maximum atomic E-state index is 12.2. The third kappa shape index (κ3) is 6.23. The number of rotatable bonds is 9. The molecule has 158 valence electrons. The third-order valence-corrected chi connectivity index (χ3v) is 4.92. The number of hydrogen-bond donors (Lipinski definition) is 3. The highest BCUT2D eigenvalue weighted by Gasteiger charge is 2.10. The van der Waals surface area contributed by atoms with E-state index in [0.29, 0.717) is 30.2 Å². The second-order valence-corrected chi connectivity index (χ2v) is 7.43. The van der Waals surface area contributed by atoms with Crippen LogP contribution in [0.2, 0.25) is 0 Å². The van der Waals surface area contributed by atoms with Crippen LogP contribution in [-0.2, 0) is 21.3 Å². The lowest BCUT2D eigenvalue weighted by Gasteiger charge is -2.10. The highest BCUT2D eigenvalue weighted by molar-refractivity contribution is 7.85. The predicted octanol–water partition coefficient (Wildman–Crippen LogP) is 2.13. The van der Waals surface area contributed by atoms with Crippen molar-refractivity contribution < 1.29 is 27.2 Å². The summed E-state index contributed by atoms with van der Waals surface area (Å²) >= 11 is 0. The zero-order chi connectivity index (χ0) is 22.1.